The van der Waals surface area contributed by atoms with Crippen molar-refractivity contribution in [1.29, 1.82) is 0 Å². The van der Waals surface area contributed by atoms with E-state index in [1.807, 2.05) is 19.1 Å². The largest absolute Gasteiger partial charge is 0.359 e. The Bertz CT molecular complexity index is 1170. The summed E-state index contributed by atoms with van der Waals surface area (Å²) in [5, 5.41) is 5.03. The van der Waals surface area contributed by atoms with Gasteiger partial charge >= 0.3 is 0 Å². The van der Waals surface area contributed by atoms with Crippen molar-refractivity contribution >= 4 is 43.8 Å². The van der Waals surface area contributed by atoms with Gasteiger partial charge in [0, 0.05) is 16.8 Å². The van der Waals surface area contributed by atoms with Gasteiger partial charge in [-0.15, -0.1) is 0 Å². The Kier molecular flexibility index (Phi) is 6.55. The molecule has 0 saturated heterocycles. The average Bonchev–Trinajstić information content (AvgIpc) is 3.10. The summed E-state index contributed by atoms with van der Waals surface area (Å²) in [6.07, 6.45) is 6.18. The Labute approximate surface area is 192 Å². The molecule has 1 aliphatic carbocycles. The molecule has 0 bridgehead atoms. The van der Waals surface area contributed by atoms with Crippen LogP contribution in [0.4, 0.5) is 10.8 Å². The zero-order chi connectivity index (χ0) is 22.0. The third-order valence-corrected chi connectivity index (χ3v) is 8.48. The van der Waals surface area contributed by atoms with E-state index in [0.717, 1.165) is 21.3 Å². The van der Waals surface area contributed by atoms with Crippen LogP contribution in [-0.2, 0) is 10.0 Å². The Morgan fingerprint density at radius 3 is 2.45 bits per heavy atom. The molecule has 1 fully saturated rings. The van der Waals surface area contributed by atoms with Gasteiger partial charge in [0.05, 0.1) is 15.5 Å². The highest BCUT2D eigenvalue weighted by molar-refractivity contribution is 7.92. The van der Waals surface area contributed by atoms with Crippen LogP contribution in [0.25, 0.3) is 10.4 Å². The van der Waals surface area contributed by atoms with Crippen LogP contribution in [-0.4, -0.2) is 19.4 Å². The van der Waals surface area contributed by atoms with Gasteiger partial charge in [0.2, 0.25) is 0 Å². The van der Waals surface area contributed by atoms with Gasteiger partial charge in [0.15, 0.2) is 5.13 Å². The average molecular weight is 476 g/mol. The smallest absolute Gasteiger partial charge is 0.262 e. The number of nitrogens with one attached hydrogen (secondary N) is 2. The molecule has 1 heterocycles. The van der Waals surface area contributed by atoms with Crippen LogP contribution >= 0.6 is 22.9 Å². The summed E-state index contributed by atoms with van der Waals surface area (Å²) in [4.78, 5) is 5.95. The first-order valence-electron chi connectivity index (χ1n) is 10.5. The number of aryl methyl sites for hydroxylation is 2. The van der Waals surface area contributed by atoms with Crippen LogP contribution in [0.15, 0.2) is 47.4 Å². The molecule has 1 aromatic heterocycles. The number of sulfonamides is 1. The molecule has 3 aromatic rings. The van der Waals surface area contributed by atoms with Crippen LogP contribution < -0.4 is 10.0 Å². The standard InChI is InChI=1S/C23H26ClN3O2S2/c1-15-8-9-17(14-21(15)31(28,29)27-20-12-10-18(24)11-13-20)22-16(2)25-23(30-22)26-19-6-4-3-5-7-19/h8-14,19,27H,3-7H2,1-2H3,(H,25,26). The maximum Gasteiger partial charge on any atom is 0.262 e. The van der Waals surface area contributed by atoms with E-state index in [0.29, 0.717) is 22.3 Å². The number of anilines is 2. The van der Waals surface area contributed by atoms with E-state index < -0.39 is 10.0 Å². The molecule has 1 aliphatic rings. The second-order valence-electron chi connectivity index (χ2n) is 8.01. The molecule has 5 nitrogen and oxygen atoms in total. The number of hydrogen-bond acceptors (Lipinski definition) is 5. The molecule has 31 heavy (non-hydrogen) atoms. The van der Waals surface area contributed by atoms with E-state index in [1.54, 1.807) is 48.6 Å². The lowest BCUT2D eigenvalue weighted by molar-refractivity contribution is 0.462. The normalized spacial score (nSPS) is 15.1. The van der Waals surface area contributed by atoms with Gasteiger partial charge in [-0.05, 0) is 68.1 Å². The van der Waals surface area contributed by atoms with E-state index in [-0.39, 0.29) is 4.90 Å². The summed E-state index contributed by atoms with van der Waals surface area (Å²) >= 11 is 7.49. The minimum absolute atomic E-state index is 0.259. The maximum atomic E-state index is 13.1. The number of aromatic nitrogens is 1. The van der Waals surface area contributed by atoms with Crippen LogP contribution in [0.3, 0.4) is 0 Å². The first-order chi connectivity index (χ1) is 14.8. The van der Waals surface area contributed by atoms with E-state index >= 15 is 0 Å². The topological polar surface area (TPSA) is 71.1 Å². The molecule has 2 aromatic carbocycles. The van der Waals surface area contributed by atoms with Crippen molar-refractivity contribution in [3.8, 4) is 10.4 Å². The van der Waals surface area contributed by atoms with Crippen molar-refractivity contribution in [2.24, 2.45) is 0 Å². The molecular weight excluding hydrogens is 450 g/mol. The molecule has 0 atom stereocenters. The zero-order valence-corrected chi connectivity index (χ0v) is 20.0. The van der Waals surface area contributed by atoms with Crippen LogP contribution in [0.2, 0.25) is 5.02 Å². The third kappa shape index (κ3) is 5.22. The van der Waals surface area contributed by atoms with Crippen molar-refractivity contribution in [3.63, 3.8) is 0 Å². The molecule has 0 spiro atoms. The number of benzene rings is 2. The van der Waals surface area contributed by atoms with Crippen molar-refractivity contribution in [2.75, 3.05) is 10.0 Å². The number of rotatable bonds is 6. The number of thiazole rings is 1. The Balaban J connectivity index is 1.61. The first-order valence-corrected chi connectivity index (χ1v) is 13.1. The van der Waals surface area contributed by atoms with Crippen molar-refractivity contribution in [1.82, 2.24) is 4.98 Å². The van der Waals surface area contributed by atoms with Crippen LogP contribution in [0.5, 0.6) is 0 Å². The molecule has 0 amide bonds. The summed E-state index contributed by atoms with van der Waals surface area (Å²) in [7, 11) is -3.74. The summed E-state index contributed by atoms with van der Waals surface area (Å²) < 4.78 is 28.8. The fraction of sp³-hybridized carbons (Fsp3) is 0.348. The molecule has 0 unspecified atom stereocenters. The van der Waals surface area contributed by atoms with Crippen molar-refractivity contribution in [3.05, 3.63) is 58.7 Å². The quantitative estimate of drug-likeness (QED) is 0.420. The van der Waals surface area contributed by atoms with Gasteiger partial charge in [-0.1, -0.05) is 54.3 Å². The van der Waals surface area contributed by atoms with E-state index in [1.165, 1.54) is 32.1 Å². The molecular formula is C23H26ClN3O2S2. The Morgan fingerprint density at radius 2 is 1.74 bits per heavy atom. The summed E-state index contributed by atoms with van der Waals surface area (Å²) in [5.74, 6) is 0. The zero-order valence-electron chi connectivity index (χ0n) is 17.6. The van der Waals surface area contributed by atoms with Gasteiger partial charge < -0.3 is 5.32 Å². The lowest BCUT2D eigenvalue weighted by Gasteiger charge is -2.22. The van der Waals surface area contributed by atoms with E-state index in [2.05, 4.69) is 10.0 Å². The minimum atomic E-state index is -3.74. The molecule has 2 N–H and O–H groups in total. The van der Waals surface area contributed by atoms with E-state index in [9.17, 15) is 8.42 Å². The van der Waals surface area contributed by atoms with Crippen molar-refractivity contribution < 1.29 is 8.42 Å². The number of hydrogen-bond donors (Lipinski definition) is 2. The summed E-state index contributed by atoms with van der Waals surface area (Å²) in [6.45, 7) is 3.77. The van der Waals surface area contributed by atoms with E-state index in [4.69, 9.17) is 16.6 Å². The lowest BCUT2D eigenvalue weighted by Crippen LogP contribution is -2.21. The molecule has 4 rings (SSSR count). The highest BCUT2D eigenvalue weighted by Gasteiger charge is 2.21. The lowest BCUT2D eigenvalue weighted by atomic mass is 9.96. The second-order valence-corrected chi connectivity index (χ2v) is 11.1. The van der Waals surface area contributed by atoms with Gasteiger partial charge in [0.1, 0.15) is 0 Å². The predicted octanol–water partition coefficient (Wildman–Crippen LogP) is 6.63. The predicted molar refractivity (Wildman–Crippen MR) is 130 cm³/mol. The number of nitrogens with zero attached hydrogens (tertiary/aromatic N) is 1. The molecule has 0 aliphatic heterocycles. The summed E-state index contributed by atoms with van der Waals surface area (Å²) in [6, 6.07) is 12.6. The first kappa shape index (κ1) is 22.1. The maximum absolute atomic E-state index is 13.1. The van der Waals surface area contributed by atoms with Gasteiger partial charge in [-0.2, -0.15) is 0 Å². The third-order valence-electron chi connectivity index (χ3n) is 5.57. The SMILES string of the molecule is Cc1ccc(-c2sc(NC3CCCCC3)nc2C)cc1S(=O)(=O)Nc1ccc(Cl)cc1. The highest BCUT2D eigenvalue weighted by atomic mass is 35.5. The second kappa shape index (κ2) is 9.18. The van der Waals surface area contributed by atoms with Crippen LogP contribution in [0, 0.1) is 13.8 Å². The molecule has 0 radical (unpaired) electrons. The fourth-order valence-corrected chi connectivity index (χ4v) is 6.40. The molecule has 164 valence electrons. The van der Waals surface area contributed by atoms with Crippen LogP contribution in [0.1, 0.15) is 43.4 Å². The molecule has 1 saturated carbocycles. The Hall–Kier alpha value is -2.09. The Morgan fingerprint density at radius 1 is 1.03 bits per heavy atom. The number of halogens is 1. The molecule has 8 heteroatoms. The van der Waals surface area contributed by atoms with Gasteiger partial charge in [-0.25, -0.2) is 13.4 Å². The van der Waals surface area contributed by atoms with Gasteiger partial charge in [0.25, 0.3) is 10.0 Å². The minimum Gasteiger partial charge on any atom is -0.359 e. The van der Waals surface area contributed by atoms with Gasteiger partial charge in [-0.3, -0.25) is 4.72 Å². The monoisotopic (exact) mass is 475 g/mol. The highest BCUT2D eigenvalue weighted by Crippen LogP contribution is 2.36. The fourth-order valence-electron chi connectivity index (χ4n) is 3.91. The van der Waals surface area contributed by atoms with Crippen molar-refractivity contribution in [2.45, 2.75) is 56.9 Å². The summed E-state index contributed by atoms with van der Waals surface area (Å²) in [5.41, 5.74) is 2.92.